The highest BCUT2D eigenvalue weighted by molar-refractivity contribution is 5.99. The first kappa shape index (κ1) is 23.5. The number of hydrogen-bond donors (Lipinski definition) is 1. The summed E-state index contributed by atoms with van der Waals surface area (Å²) in [4.78, 5) is 29.3. The predicted octanol–water partition coefficient (Wildman–Crippen LogP) is 5.33. The minimum absolute atomic E-state index is 0.00953. The van der Waals surface area contributed by atoms with E-state index >= 15 is 0 Å². The number of amides is 1. The number of nitrogens with one attached hydrogen (secondary N) is 1. The van der Waals surface area contributed by atoms with E-state index in [2.05, 4.69) is 10.3 Å². The number of esters is 1. The summed E-state index contributed by atoms with van der Waals surface area (Å²) in [5.41, 5.74) is 3.52. The third kappa shape index (κ3) is 5.47. The van der Waals surface area contributed by atoms with Crippen LogP contribution in [0.25, 0.3) is 11.1 Å². The van der Waals surface area contributed by atoms with Gasteiger partial charge >= 0.3 is 5.97 Å². The Labute approximate surface area is 197 Å². The van der Waals surface area contributed by atoms with Crippen molar-refractivity contribution in [3.63, 3.8) is 0 Å². The number of pyridine rings is 1. The van der Waals surface area contributed by atoms with Gasteiger partial charge in [0, 0.05) is 35.9 Å². The van der Waals surface area contributed by atoms with Crippen LogP contribution in [0.1, 0.15) is 60.3 Å². The van der Waals surface area contributed by atoms with Gasteiger partial charge in [-0.3, -0.25) is 14.6 Å². The van der Waals surface area contributed by atoms with Crippen LogP contribution < -0.4 is 5.32 Å². The van der Waals surface area contributed by atoms with Gasteiger partial charge in [-0.05, 0) is 74.2 Å². The second kappa shape index (κ2) is 9.33. The Hall–Kier alpha value is -3.61. The normalized spacial score (nSPS) is 13.9. The van der Waals surface area contributed by atoms with Crippen LogP contribution in [0.15, 0.2) is 54.7 Å². The molecule has 3 aromatic rings. The molecule has 34 heavy (non-hydrogen) atoms. The lowest BCUT2D eigenvalue weighted by Gasteiger charge is -2.23. The van der Waals surface area contributed by atoms with Crippen molar-refractivity contribution in [3.05, 3.63) is 88.7 Å². The Morgan fingerprint density at radius 1 is 1.09 bits per heavy atom. The van der Waals surface area contributed by atoms with Crippen molar-refractivity contribution in [2.45, 2.75) is 51.7 Å². The van der Waals surface area contributed by atoms with E-state index in [-0.39, 0.29) is 18.7 Å². The Morgan fingerprint density at radius 3 is 2.53 bits per heavy atom. The standard InChI is InChI=1S/C27H26F2N2O3/c1-27(2,3)34-24(32)13-18(9-16-10-20(28)14-21(29)11-16)25-22(5-4-8-30-25)17-6-7-23-19(12-17)15-31-26(23)33/h4-8,10-12,14,18H,9,13,15H2,1-3H3,(H,31,33)/t18-/m1/s1. The van der Waals surface area contributed by atoms with E-state index in [0.717, 1.165) is 22.8 Å². The number of aromatic nitrogens is 1. The zero-order valence-corrected chi connectivity index (χ0v) is 19.3. The maximum atomic E-state index is 13.9. The number of benzene rings is 2. The lowest BCUT2D eigenvalue weighted by Crippen LogP contribution is -2.25. The van der Waals surface area contributed by atoms with Crippen LogP contribution in [0.5, 0.6) is 0 Å². The highest BCUT2D eigenvalue weighted by Crippen LogP contribution is 2.34. The van der Waals surface area contributed by atoms with Gasteiger partial charge in [-0.2, -0.15) is 0 Å². The minimum Gasteiger partial charge on any atom is -0.460 e. The third-order valence-electron chi connectivity index (χ3n) is 5.56. The number of halogens is 2. The van der Waals surface area contributed by atoms with Crippen molar-refractivity contribution in [1.29, 1.82) is 0 Å². The molecule has 0 bridgehead atoms. The number of nitrogens with zero attached hydrogens (tertiary/aromatic N) is 1. The Kier molecular flexibility index (Phi) is 6.46. The molecule has 2 aromatic carbocycles. The monoisotopic (exact) mass is 464 g/mol. The van der Waals surface area contributed by atoms with Gasteiger partial charge in [-0.15, -0.1) is 0 Å². The molecule has 1 amide bonds. The highest BCUT2D eigenvalue weighted by Gasteiger charge is 2.26. The number of ether oxygens (including phenoxy) is 1. The van der Waals surface area contributed by atoms with Gasteiger partial charge in [0.2, 0.25) is 0 Å². The molecular weight excluding hydrogens is 438 g/mol. The van der Waals surface area contributed by atoms with Crippen molar-refractivity contribution < 1.29 is 23.1 Å². The number of hydrogen-bond acceptors (Lipinski definition) is 4. The number of rotatable bonds is 6. The van der Waals surface area contributed by atoms with Crippen LogP contribution in [0, 0.1) is 11.6 Å². The molecule has 4 rings (SSSR count). The molecule has 0 spiro atoms. The molecule has 0 fully saturated rings. The molecular formula is C27H26F2N2O3. The fraction of sp³-hybridized carbons (Fsp3) is 0.296. The van der Waals surface area contributed by atoms with E-state index in [1.165, 1.54) is 12.1 Å². The van der Waals surface area contributed by atoms with Gasteiger partial charge < -0.3 is 10.1 Å². The average Bonchev–Trinajstić information content (AvgIpc) is 3.11. The first-order valence-corrected chi connectivity index (χ1v) is 11.1. The molecule has 1 atom stereocenters. The van der Waals surface area contributed by atoms with Crippen LogP contribution >= 0.6 is 0 Å². The zero-order chi connectivity index (χ0) is 24.5. The summed E-state index contributed by atoms with van der Waals surface area (Å²) < 4.78 is 33.3. The van der Waals surface area contributed by atoms with Crippen LogP contribution in [0.2, 0.25) is 0 Å². The Balaban J connectivity index is 1.74. The summed E-state index contributed by atoms with van der Waals surface area (Å²) >= 11 is 0. The molecule has 0 saturated heterocycles. The summed E-state index contributed by atoms with van der Waals surface area (Å²) in [5, 5.41) is 2.81. The maximum absolute atomic E-state index is 13.9. The zero-order valence-electron chi connectivity index (χ0n) is 19.3. The van der Waals surface area contributed by atoms with Crippen LogP contribution in [0.3, 0.4) is 0 Å². The molecule has 176 valence electrons. The van der Waals surface area contributed by atoms with Gasteiger partial charge in [0.05, 0.1) is 12.1 Å². The molecule has 0 radical (unpaired) electrons. The second-order valence-corrected chi connectivity index (χ2v) is 9.46. The fourth-order valence-corrected chi connectivity index (χ4v) is 4.25. The number of carbonyl (C=O) groups excluding carboxylic acids is 2. The lowest BCUT2D eigenvalue weighted by molar-refractivity contribution is -0.155. The molecule has 1 N–H and O–H groups in total. The Morgan fingerprint density at radius 2 is 1.82 bits per heavy atom. The molecule has 0 saturated carbocycles. The molecule has 2 heterocycles. The average molecular weight is 465 g/mol. The van der Waals surface area contributed by atoms with E-state index in [1.54, 1.807) is 39.1 Å². The quantitative estimate of drug-likeness (QED) is 0.501. The van der Waals surface area contributed by atoms with Gasteiger partial charge in [0.25, 0.3) is 5.91 Å². The molecule has 5 nitrogen and oxygen atoms in total. The molecule has 0 aliphatic carbocycles. The predicted molar refractivity (Wildman–Crippen MR) is 124 cm³/mol. The first-order valence-electron chi connectivity index (χ1n) is 11.1. The van der Waals surface area contributed by atoms with E-state index in [9.17, 15) is 18.4 Å². The molecule has 1 aliphatic heterocycles. The number of carbonyl (C=O) groups is 2. The number of fused-ring (bicyclic) bond motifs is 1. The van der Waals surface area contributed by atoms with Crippen molar-refractivity contribution in [1.82, 2.24) is 10.3 Å². The molecule has 1 aromatic heterocycles. The van der Waals surface area contributed by atoms with E-state index in [4.69, 9.17) is 4.74 Å². The van der Waals surface area contributed by atoms with E-state index < -0.39 is 29.1 Å². The fourth-order valence-electron chi connectivity index (χ4n) is 4.25. The summed E-state index contributed by atoms with van der Waals surface area (Å²) in [7, 11) is 0. The van der Waals surface area contributed by atoms with Crippen molar-refractivity contribution in [2.24, 2.45) is 0 Å². The summed E-state index contributed by atoms with van der Waals surface area (Å²) in [6.07, 6.45) is 1.82. The van der Waals surface area contributed by atoms with E-state index in [1.807, 2.05) is 18.2 Å². The van der Waals surface area contributed by atoms with Crippen LogP contribution in [-0.4, -0.2) is 22.5 Å². The lowest BCUT2D eigenvalue weighted by atomic mass is 9.87. The smallest absolute Gasteiger partial charge is 0.306 e. The van der Waals surface area contributed by atoms with Gasteiger partial charge in [-0.1, -0.05) is 12.1 Å². The highest BCUT2D eigenvalue weighted by atomic mass is 19.1. The third-order valence-corrected chi connectivity index (χ3v) is 5.56. The minimum atomic E-state index is -0.678. The van der Waals surface area contributed by atoms with Crippen molar-refractivity contribution >= 4 is 11.9 Å². The van der Waals surface area contributed by atoms with Crippen LogP contribution in [0.4, 0.5) is 8.78 Å². The van der Waals surface area contributed by atoms with Gasteiger partial charge in [0.15, 0.2) is 0 Å². The molecule has 1 aliphatic rings. The molecule has 0 unspecified atom stereocenters. The van der Waals surface area contributed by atoms with Crippen molar-refractivity contribution in [2.75, 3.05) is 0 Å². The van der Waals surface area contributed by atoms with Crippen molar-refractivity contribution in [3.8, 4) is 11.1 Å². The summed E-state index contributed by atoms with van der Waals surface area (Å²) in [6.45, 7) is 5.80. The summed E-state index contributed by atoms with van der Waals surface area (Å²) in [6, 6.07) is 12.6. The maximum Gasteiger partial charge on any atom is 0.306 e. The largest absolute Gasteiger partial charge is 0.460 e. The van der Waals surface area contributed by atoms with E-state index in [0.29, 0.717) is 23.4 Å². The summed E-state index contributed by atoms with van der Waals surface area (Å²) in [5.74, 6) is -2.37. The topological polar surface area (TPSA) is 68.3 Å². The first-order chi connectivity index (χ1) is 16.1. The Bertz CT molecular complexity index is 1230. The van der Waals surface area contributed by atoms with Crippen LogP contribution in [-0.2, 0) is 22.5 Å². The SMILES string of the molecule is CC(C)(C)OC(=O)C[C@@H](Cc1cc(F)cc(F)c1)c1ncccc1-c1ccc2c(c1)CNC2=O. The van der Waals surface area contributed by atoms with Gasteiger partial charge in [0.1, 0.15) is 17.2 Å². The van der Waals surface area contributed by atoms with Gasteiger partial charge in [-0.25, -0.2) is 8.78 Å². The second-order valence-electron chi connectivity index (χ2n) is 9.46. The molecule has 7 heteroatoms.